The highest BCUT2D eigenvalue weighted by molar-refractivity contribution is 7.88. The molecule has 0 radical (unpaired) electrons. The van der Waals surface area contributed by atoms with E-state index in [-0.39, 0.29) is 6.54 Å². The molecule has 0 heterocycles. The Morgan fingerprint density at radius 2 is 2.00 bits per heavy atom. The Morgan fingerprint density at radius 3 is 2.44 bits per heavy atom. The molecule has 7 heteroatoms. The Kier molecular flexibility index (Phi) is 7.27. The number of rotatable bonds is 9. The van der Waals surface area contributed by atoms with Crippen molar-refractivity contribution in [3.05, 3.63) is 0 Å². The second-order valence-electron chi connectivity index (χ2n) is 3.65. The summed E-state index contributed by atoms with van der Waals surface area (Å²) in [4.78, 5) is 10.8. The summed E-state index contributed by atoms with van der Waals surface area (Å²) in [5, 5.41) is 11.7. The normalized spacial score (nSPS) is 13.6. The zero-order chi connectivity index (χ0) is 12.6. The summed E-state index contributed by atoms with van der Waals surface area (Å²) in [5.41, 5.74) is 0. The molecular formula is C9H20N2O4S. The smallest absolute Gasteiger partial charge is 0.320 e. The number of nitrogens with one attached hydrogen (secondary N) is 2. The molecule has 6 nitrogen and oxygen atoms in total. The summed E-state index contributed by atoms with van der Waals surface area (Å²) in [6, 6.07) is -0.596. The van der Waals surface area contributed by atoms with E-state index in [1.165, 1.54) is 0 Å². The summed E-state index contributed by atoms with van der Waals surface area (Å²) < 4.78 is 23.7. The van der Waals surface area contributed by atoms with Gasteiger partial charge in [-0.2, -0.15) is 0 Å². The fourth-order valence-electron chi connectivity index (χ4n) is 1.20. The summed E-state index contributed by atoms with van der Waals surface area (Å²) in [6.45, 7) is 2.51. The molecule has 96 valence electrons. The van der Waals surface area contributed by atoms with E-state index in [9.17, 15) is 13.2 Å². The number of aliphatic carboxylic acids is 1. The van der Waals surface area contributed by atoms with E-state index >= 15 is 0 Å². The van der Waals surface area contributed by atoms with E-state index in [2.05, 4.69) is 10.0 Å². The van der Waals surface area contributed by atoms with Crippen LogP contribution in [0.5, 0.6) is 0 Å². The van der Waals surface area contributed by atoms with Crippen LogP contribution in [0, 0.1) is 0 Å². The zero-order valence-electron chi connectivity index (χ0n) is 9.69. The summed E-state index contributed by atoms with van der Waals surface area (Å²) in [6.07, 6.45) is 3.40. The highest BCUT2D eigenvalue weighted by Gasteiger charge is 2.15. The standard InChI is InChI=1S/C9H20N2O4S/c1-3-4-5-8(9(12)13)10-6-7-11-16(2,14)15/h8,10-11H,3-7H2,1-2H3,(H,12,13). The first-order valence-electron chi connectivity index (χ1n) is 5.27. The van der Waals surface area contributed by atoms with E-state index < -0.39 is 22.0 Å². The lowest BCUT2D eigenvalue weighted by atomic mass is 10.1. The molecule has 0 aliphatic rings. The zero-order valence-corrected chi connectivity index (χ0v) is 10.5. The number of carboxylic acids is 1. The third-order valence-electron chi connectivity index (χ3n) is 2.02. The number of carbonyl (C=O) groups is 1. The summed E-state index contributed by atoms with van der Waals surface area (Å²) >= 11 is 0. The first kappa shape index (κ1) is 15.3. The minimum Gasteiger partial charge on any atom is -0.480 e. The van der Waals surface area contributed by atoms with Crippen molar-refractivity contribution in [3.63, 3.8) is 0 Å². The molecule has 0 bridgehead atoms. The number of hydrogen-bond donors (Lipinski definition) is 3. The second kappa shape index (κ2) is 7.59. The number of hydrogen-bond acceptors (Lipinski definition) is 4. The van der Waals surface area contributed by atoms with E-state index in [1.807, 2.05) is 6.92 Å². The molecule has 0 aromatic carbocycles. The van der Waals surface area contributed by atoms with Gasteiger partial charge in [0.2, 0.25) is 10.0 Å². The largest absolute Gasteiger partial charge is 0.480 e. The fourth-order valence-corrected chi connectivity index (χ4v) is 1.68. The maximum Gasteiger partial charge on any atom is 0.320 e. The van der Waals surface area contributed by atoms with Crippen LogP contribution in [0.15, 0.2) is 0 Å². The average molecular weight is 252 g/mol. The maximum atomic E-state index is 10.8. The highest BCUT2D eigenvalue weighted by Crippen LogP contribution is 2.00. The predicted molar refractivity (Wildman–Crippen MR) is 61.8 cm³/mol. The van der Waals surface area contributed by atoms with Crippen molar-refractivity contribution < 1.29 is 18.3 Å². The molecule has 1 unspecified atom stereocenters. The van der Waals surface area contributed by atoms with Gasteiger partial charge in [0.05, 0.1) is 6.26 Å². The van der Waals surface area contributed by atoms with E-state index in [4.69, 9.17) is 5.11 Å². The first-order chi connectivity index (χ1) is 7.37. The Morgan fingerprint density at radius 1 is 1.38 bits per heavy atom. The number of sulfonamides is 1. The third kappa shape index (κ3) is 8.63. The summed E-state index contributed by atoms with van der Waals surface area (Å²) in [5.74, 6) is -0.896. The number of carboxylic acid groups (broad SMARTS) is 1. The van der Waals surface area contributed by atoms with Crippen LogP contribution < -0.4 is 10.0 Å². The van der Waals surface area contributed by atoms with Crippen LogP contribution in [0.25, 0.3) is 0 Å². The van der Waals surface area contributed by atoms with Crippen LogP contribution >= 0.6 is 0 Å². The number of unbranched alkanes of at least 4 members (excludes halogenated alkanes) is 1. The van der Waals surface area contributed by atoms with Crippen LogP contribution in [0.3, 0.4) is 0 Å². The van der Waals surface area contributed by atoms with Crippen molar-refractivity contribution in [1.82, 2.24) is 10.0 Å². The van der Waals surface area contributed by atoms with Crippen molar-refractivity contribution in [3.8, 4) is 0 Å². The van der Waals surface area contributed by atoms with E-state index in [1.54, 1.807) is 0 Å². The molecule has 0 saturated carbocycles. The molecule has 0 spiro atoms. The lowest BCUT2D eigenvalue weighted by Gasteiger charge is -2.13. The van der Waals surface area contributed by atoms with E-state index in [0.717, 1.165) is 19.1 Å². The van der Waals surface area contributed by atoms with Crippen molar-refractivity contribution >= 4 is 16.0 Å². The Hall–Kier alpha value is -0.660. The fraction of sp³-hybridized carbons (Fsp3) is 0.889. The van der Waals surface area contributed by atoms with Gasteiger partial charge in [-0.05, 0) is 6.42 Å². The summed E-state index contributed by atoms with van der Waals surface area (Å²) in [7, 11) is -3.20. The predicted octanol–water partition coefficient (Wildman–Crippen LogP) is -0.231. The van der Waals surface area contributed by atoms with Crippen molar-refractivity contribution in [1.29, 1.82) is 0 Å². The van der Waals surface area contributed by atoms with Crippen LogP contribution in [0.2, 0.25) is 0 Å². The molecular weight excluding hydrogens is 232 g/mol. The van der Waals surface area contributed by atoms with Gasteiger partial charge in [0.1, 0.15) is 6.04 Å². The minimum atomic E-state index is -3.20. The maximum absolute atomic E-state index is 10.8. The second-order valence-corrected chi connectivity index (χ2v) is 5.49. The quantitative estimate of drug-likeness (QED) is 0.493. The van der Waals surface area contributed by atoms with Gasteiger partial charge in [0.15, 0.2) is 0 Å². The molecule has 0 saturated heterocycles. The topological polar surface area (TPSA) is 95.5 Å². The van der Waals surface area contributed by atoms with E-state index in [0.29, 0.717) is 13.0 Å². The molecule has 0 aromatic heterocycles. The molecule has 1 atom stereocenters. The van der Waals surface area contributed by atoms with Gasteiger partial charge >= 0.3 is 5.97 Å². The molecule has 0 fully saturated rings. The molecule has 0 aliphatic heterocycles. The monoisotopic (exact) mass is 252 g/mol. The van der Waals surface area contributed by atoms with Crippen molar-refractivity contribution in [2.75, 3.05) is 19.3 Å². The van der Waals surface area contributed by atoms with Gasteiger partial charge in [-0.15, -0.1) is 0 Å². The van der Waals surface area contributed by atoms with Crippen LogP contribution in [-0.4, -0.2) is 44.9 Å². The van der Waals surface area contributed by atoms with Crippen LogP contribution in [0.1, 0.15) is 26.2 Å². The molecule has 0 aromatic rings. The average Bonchev–Trinajstić information content (AvgIpc) is 2.14. The molecule has 3 N–H and O–H groups in total. The van der Waals surface area contributed by atoms with Crippen molar-refractivity contribution in [2.45, 2.75) is 32.2 Å². The van der Waals surface area contributed by atoms with Gasteiger partial charge in [-0.3, -0.25) is 4.79 Å². The first-order valence-corrected chi connectivity index (χ1v) is 7.16. The van der Waals surface area contributed by atoms with Gasteiger partial charge in [0, 0.05) is 13.1 Å². The van der Waals surface area contributed by atoms with Gasteiger partial charge in [-0.1, -0.05) is 19.8 Å². The Bertz CT molecular complexity index is 303. The van der Waals surface area contributed by atoms with Gasteiger partial charge in [-0.25, -0.2) is 13.1 Å². The Labute approximate surface area is 96.5 Å². The SMILES string of the molecule is CCCCC(NCCNS(C)(=O)=O)C(=O)O. The minimum absolute atomic E-state index is 0.203. The molecule has 0 amide bonds. The van der Waals surface area contributed by atoms with Gasteiger partial charge < -0.3 is 10.4 Å². The van der Waals surface area contributed by atoms with Crippen LogP contribution in [0.4, 0.5) is 0 Å². The third-order valence-corrected chi connectivity index (χ3v) is 2.75. The molecule has 0 rings (SSSR count). The molecule has 16 heavy (non-hydrogen) atoms. The van der Waals surface area contributed by atoms with Crippen LogP contribution in [-0.2, 0) is 14.8 Å². The highest BCUT2D eigenvalue weighted by atomic mass is 32.2. The molecule has 0 aliphatic carbocycles. The van der Waals surface area contributed by atoms with Crippen molar-refractivity contribution in [2.24, 2.45) is 0 Å². The lowest BCUT2D eigenvalue weighted by molar-refractivity contribution is -0.139. The lowest BCUT2D eigenvalue weighted by Crippen LogP contribution is -2.41. The van der Waals surface area contributed by atoms with Gasteiger partial charge in [0.25, 0.3) is 0 Å². The Balaban J connectivity index is 3.81.